The SMILES string of the molecule is c1ccc(-c2c(N(c3ccccc3)c3ccc4cc5c(cc4c3)-c3cc4ccc(-n6c7ccccc7c7ccccc76)cc4cc3-5)ccc3c2CCCC3)cc1. The number of hydrogen-bond donors (Lipinski definition) is 0. The fourth-order valence-electron chi connectivity index (χ4n) is 9.81. The molecular formula is C54H38N2. The Kier molecular flexibility index (Phi) is 6.91. The van der Waals surface area contributed by atoms with E-state index < -0.39 is 0 Å². The van der Waals surface area contributed by atoms with E-state index in [0.717, 1.165) is 12.8 Å². The number of anilines is 3. The molecule has 2 aliphatic carbocycles. The topological polar surface area (TPSA) is 8.17 Å². The third kappa shape index (κ3) is 4.75. The number of aryl methyl sites for hydroxylation is 1. The average molecular weight is 715 g/mol. The Morgan fingerprint density at radius 1 is 0.411 bits per heavy atom. The van der Waals surface area contributed by atoms with Gasteiger partial charge >= 0.3 is 0 Å². The standard InChI is InChI=1S/C54H38N2/c1-3-14-36(15-4-1)54-44-18-8-7-13-35(44)25-28-53(54)55(41-16-5-2-6-17-41)42-26-23-37-31-47-49(33-39(37)29-42)48-32-38-24-27-43(30-40(38)34-50(47)48)56-51-21-11-9-19-45(51)46-20-10-12-22-52(46)56/h1-6,9-12,14-17,19-34H,7-8,13,18H2. The smallest absolute Gasteiger partial charge is 0.0543 e. The summed E-state index contributed by atoms with van der Waals surface area (Å²) >= 11 is 0. The van der Waals surface area contributed by atoms with E-state index in [9.17, 15) is 0 Å². The zero-order valence-electron chi connectivity index (χ0n) is 31.0. The highest BCUT2D eigenvalue weighted by Crippen LogP contribution is 2.52. The molecule has 1 heterocycles. The maximum atomic E-state index is 2.48. The molecular weight excluding hydrogens is 677 g/mol. The fourth-order valence-corrected chi connectivity index (χ4v) is 9.81. The van der Waals surface area contributed by atoms with Crippen LogP contribution in [0.25, 0.3) is 82.4 Å². The molecule has 2 aliphatic rings. The molecule has 0 fully saturated rings. The molecule has 0 aliphatic heterocycles. The highest BCUT2D eigenvalue weighted by molar-refractivity contribution is 6.13. The summed E-state index contributed by atoms with van der Waals surface area (Å²) in [6.45, 7) is 0. The number of para-hydroxylation sites is 3. The van der Waals surface area contributed by atoms with Crippen LogP contribution >= 0.6 is 0 Å². The normalized spacial score (nSPS) is 13.1. The van der Waals surface area contributed by atoms with Gasteiger partial charge in [0.25, 0.3) is 0 Å². The minimum atomic E-state index is 1.12. The lowest BCUT2D eigenvalue weighted by atomic mass is 9.78. The molecule has 0 spiro atoms. The van der Waals surface area contributed by atoms with Crippen LogP contribution in [-0.2, 0) is 12.8 Å². The molecule has 0 unspecified atom stereocenters. The van der Waals surface area contributed by atoms with Crippen LogP contribution in [0.5, 0.6) is 0 Å². The Hall–Kier alpha value is -6.90. The summed E-state index contributed by atoms with van der Waals surface area (Å²) in [5, 5.41) is 7.63. The fraction of sp³-hybridized carbons (Fsp3) is 0.0741. The first-order valence-electron chi connectivity index (χ1n) is 20.0. The van der Waals surface area contributed by atoms with Crippen molar-refractivity contribution in [1.29, 1.82) is 0 Å². The van der Waals surface area contributed by atoms with Crippen LogP contribution in [0.15, 0.2) is 182 Å². The Bertz CT molecular complexity index is 3140. The Morgan fingerprint density at radius 3 is 1.68 bits per heavy atom. The van der Waals surface area contributed by atoms with E-state index in [2.05, 4.69) is 191 Å². The summed E-state index contributed by atoms with van der Waals surface area (Å²) < 4.78 is 2.41. The maximum Gasteiger partial charge on any atom is 0.0543 e. The molecule has 0 N–H and O–H groups in total. The lowest BCUT2D eigenvalue weighted by Gasteiger charge is -2.31. The minimum Gasteiger partial charge on any atom is -0.310 e. The second-order valence-corrected chi connectivity index (χ2v) is 15.6. The van der Waals surface area contributed by atoms with Crippen LogP contribution in [-0.4, -0.2) is 4.57 Å². The predicted octanol–water partition coefficient (Wildman–Crippen LogP) is 14.8. The van der Waals surface area contributed by atoms with Crippen LogP contribution in [0.1, 0.15) is 24.0 Å². The zero-order chi connectivity index (χ0) is 36.7. The van der Waals surface area contributed by atoms with Crippen molar-refractivity contribution in [1.82, 2.24) is 4.57 Å². The number of rotatable bonds is 5. The highest BCUT2D eigenvalue weighted by Gasteiger charge is 2.26. The quantitative estimate of drug-likeness (QED) is 0.172. The van der Waals surface area contributed by atoms with Crippen molar-refractivity contribution in [2.75, 3.05) is 4.90 Å². The maximum absolute atomic E-state index is 2.48. The van der Waals surface area contributed by atoms with Gasteiger partial charge in [-0.05, 0) is 165 Å². The first kappa shape index (κ1) is 31.5. The number of fused-ring (bicyclic) bond motifs is 10. The van der Waals surface area contributed by atoms with Crippen molar-refractivity contribution >= 4 is 60.4 Å². The minimum absolute atomic E-state index is 1.12. The van der Waals surface area contributed by atoms with E-state index in [1.165, 1.54) is 123 Å². The molecule has 10 aromatic rings. The lowest BCUT2D eigenvalue weighted by Crippen LogP contribution is -2.14. The van der Waals surface area contributed by atoms with Crippen LogP contribution < -0.4 is 4.90 Å². The van der Waals surface area contributed by atoms with Gasteiger partial charge in [-0.25, -0.2) is 0 Å². The van der Waals surface area contributed by atoms with Crippen molar-refractivity contribution in [3.8, 4) is 39.1 Å². The van der Waals surface area contributed by atoms with E-state index in [0.29, 0.717) is 0 Å². The van der Waals surface area contributed by atoms with Crippen molar-refractivity contribution in [2.24, 2.45) is 0 Å². The van der Waals surface area contributed by atoms with E-state index in [4.69, 9.17) is 0 Å². The first-order chi connectivity index (χ1) is 27.8. The van der Waals surface area contributed by atoms with Gasteiger partial charge in [0.05, 0.1) is 16.7 Å². The number of aromatic nitrogens is 1. The van der Waals surface area contributed by atoms with Crippen molar-refractivity contribution in [3.63, 3.8) is 0 Å². The third-order valence-corrected chi connectivity index (χ3v) is 12.4. The highest BCUT2D eigenvalue weighted by atomic mass is 15.1. The van der Waals surface area contributed by atoms with Crippen molar-refractivity contribution < 1.29 is 0 Å². The summed E-state index contributed by atoms with van der Waals surface area (Å²) in [5.74, 6) is 0. The second kappa shape index (κ2) is 12.3. The van der Waals surface area contributed by atoms with Crippen LogP contribution in [0, 0.1) is 0 Å². The number of hydrogen-bond acceptors (Lipinski definition) is 1. The number of nitrogens with zero attached hydrogens (tertiary/aromatic N) is 2. The lowest BCUT2D eigenvalue weighted by molar-refractivity contribution is 0.687. The van der Waals surface area contributed by atoms with Gasteiger partial charge in [-0.3, -0.25) is 0 Å². The van der Waals surface area contributed by atoms with Gasteiger partial charge in [0.15, 0.2) is 0 Å². The van der Waals surface area contributed by atoms with E-state index in [-0.39, 0.29) is 0 Å². The Morgan fingerprint density at radius 2 is 0.982 bits per heavy atom. The summed E-state index contributed by atoms with van der Waals surface area (Å²) in [5.41, 5.74) is 18.3. The third-order valence-electron chi connectivity index (χ3n) is 12.4. The molecule has 12 rings (SSSR count). The Labute approximate surface area is 326 Å². The molecule has 2 nitrogen and oxygen atoms in total. The van der Waals surface area contributed by atoms with Crippen LogP contribution in [0.4, 0.5) is 17.1 Å². The van der Waals surface area contributed by atoms with Gasteiger partial charge < -0.3 is 9.47 Å². The largest absolute Gasteiger partial charge is 0.310 e. The summed E-state index contributed by atoms with van der Waals surface area (Å²) in [6.07, 6.45) is 4.78. The van der Waals surface area contributed by atoms with Crippen molar-refractivity contribution in [3.05, 3.63) is 193 Å². The molecule has 1 aromatic heterocycles. The van der Waals surface area contributed by atoms with Gasteiger partial charge in [-0.1, -0.05) is 103 Å². The molecule has 0 saturated carbocycles. The molecule has 0 radical (unpaired) electrons. The van der Waals surface area contributed by atoms with Crippen LogP contribution in [0.2, 0.25) is 0 Å². The van der Waals surface area contributed by atoms with Gasteiger partial charge in [0.1, 0.15) is 0 Å². The molecule has 0 amide bonds. The van der Waals surface area contributed by atoms with Gasteiger partial charge in [0, 0.05) is 33.4 Å². The number of benzene rings is 9. The van der Waals surface area contributed by atoms with Crippen LogP contribution in [0.3, 0.4) is 0 Å². The predicted molar refractivity (Wildman–Crippen MR) is 237 cm³/mol. The summed E-state index contributed by atoms with van der Waals surface area (Å²) in [7, 11) is 0. The van der Waals surface area contributed by atoms with Gasteiger partial charge in [-0.15, -0.1) is 0 Å². The summed E-state index contributed by atoms with van der Waals surface area (Å²) in [6, 6.07) is 67.8. The van der Waals surface area contributed by atoms with Crippen molar-refractivity contribution in [2.45, 2.75) is 25.7 Å². The Balaban J connectivity index is 0.974. The molecule has 9 aromatic carbocycles. The first-order valence-corrected chi connectivity index (χ1v) is 20.0. The zero-order valence-corrected chi connectivity index (χ0v) is 31.0. The molecule has 0 bridgehead atoms. The molecule has 0 atom stereocenters. The molecule has 264 valence electrons. The second-order valence-electron chi connectivity index (χ2n) is 15.6. The van der Waals surface area contributed by atoms with Gasteiger partial charge in [0.2, 0.25) is 0 Å². The monoisotopic (exact) mass is 714 g/mol. The van der Waals surface area contributed by atoms with E-state index >= 15 is 0 Å². The molecule has 0 saturated heterocycles. The van der Waals surface area contributed by atoms with E-state index in [1.807, 2.05) is 0 Å². The summed E-state index contributed by atoms with van der Waals surface area (Å²) in [4.78, 5) is 2.48. The van der Waals surface area contributed by atoms with E-state index in [1.54, 1.807) is 0 Å². The average Bonchev–Trinajstić information content (AvgIpc) is 3.60. The molecule has 2 heteroatoms. The van der Waals surface area contributed by atoms with Gasteiger partial charge in [-0.2, -0.15) is 0 Å². The molecule has 56 heavy (non-hydrogen) atoms.